The van der Waals surface area contributed by atoms with Crippen LogP contribution in [0, 0.1) is 0 Å². The molecule has 25 heavy (non-hydrogen) atoms. The van der Waals surface area contributed by atoms with Gasteiger partial charge in [0.15, 0.2) is 0 Å². The third kappa shape index (κ3) is 2.56. The molecule has 128 valence electrons. The Morgan fingerprint density at radius 3 is 3.00 bits per heavy atom. The molecule has 2 aliphatic heterocycles. The maximum Gasteiger partial charge on any atom is 0.104 e. The van der Waals surface area contributed by atoms with E-state index in [1.807, 2.05) is 23.5 Å². The van der Waals surface area contributed by atoms with Crippen molar-refractivity contribution in [2.45, 2.75) is 25.6 Å². The molecule has 5 heteroatoms. The maximum absolute atomic E-state index is 6.25. The standard InChI is InChI=1S/C20H20ClN3S/c1-23-9-7-15-16-11-22-19(13-4-2-5-14(21)10-13)17-6-3-8-24(17)20(16)25-18(15)12-23/h2-6,8,10,19,22H,7,9,11-12H2,1H3/t19-/m1/s1. The van der Waals surface area contributed by atoms with E-state index in [1.54, 1.807) is 5.56 Å². The van der Waals surface area contributed by atoms with Crippen LogP contribution in [0.4, 0.5) is 0 Å². The molecule has 1 N–H and O–H groups in total. The van der Waals surface area contributed by atoms with Gasteiger partial charge in [-0.25, -0.2) is 0 Å². The molecule has 0 aliphatic carbocycles. The van der Waals surface area contributed by atoms with Crippen molar-refractivity contribution in [3.05, 3.63) is 74.9 Å². The highest BCUT2D eigenvalue weighted by Gasteiger charge is 2.29. The van der Waals surface area contributed by atoms with Crippen LogP contribution in [0.2, 0.25) is 5.02 Å². The Morgan fingerprint density at radius 2 is 2.12 bits per heavy atom. The fraction of sp³-hybridized carbons (Fsp3) is 0.300. The molecule has 0 unspecified atom stereocenters. The third-order valence-electron chi connectivity index (χ3n) is 5.30. The number of aromatic nitrogens is 1. The van der Waals surface area contributed by atoms with Crippen molar-refractivity contribution in [2.75, 3.05) is 13.6 Å². The fourth-order valence-corrected chi connectivity index (χ4v) is 5.71. The number of nitrogens with one attached hydrogen (secondary N) is 1. The molecule has 1 aromatic carbocycles. The van der Waals surface area contributed by atoms with Crippen LogP contribution in [0.25, 0.3) is 5.00 Å². The lowest BCUT2D eigenvalue weighted by molar-refractivity contribution is 0.316. The minimum Gasteiger partial charge on any atom is -0.310 e. The van der Waals surface area contributed by atoms with Gasteiger partial charge in [0.25, 0.3) is 0 Å². The van der Waals surface area contributed by atoms with Crippen molar-refractivity contribution >= 4 is 22.9 Å². The first-order valence-electron chi connectivity index (χ1n) is 8.69. The highest BCUT2D eigenvalue weighted by molar-refractivity contribution is 7.15. The summed E-state index contributed by atoms with van der Waals surface area (Å²) in [5.74, 6) is 0. The summed E-state index contributed by atoms with van der Waals surface area (Å²) in [6, 6.07) is 12.7. The van der Waals surface area contributed by atoms with Crippen molar-refractivity contribution in [2.24, 2.45) is 0 Å². The molecule has 0 bridgehead atoms. The molecule has 1 atom stereocenters. The van der Waals surface area contributed by atoms with Crippen LogP contribution >= 0.6 is 22.9 Å². The Morgan fingerprint density at radius 1 is 1.20 bits per heavy atom. The van der Waals surface area contributed by atoms with E-state index in [9.17, 15) is 0 Å². The summed E-state index contributed by atoms with van der Waals surface area (Å²) >= 11 is 8.20. The quantitative estimate of drug-likeness (QED) is 0.687. The van der Waals surface area contributed by atoms with Gasteiger partial charge < -0.3 is 14.8 Å². The zero-order valence-corrected chi connectivity index (χ0v) is 15.7. The SMILES string of the molecule is CN1CCc2c(sc3c2CN[C@H](c2cccc(Cl)c2)c2cccn2-3)C1. The summed E-state index contributed by atoms with van der Waals surface area (Å²) in [6.45, 7) is 3.12. The number of hydrogen-bond acceptors (Lipinski definition) is 3. The Balaban J connectivity index is 1.63. The highest BCUT2D eigenvalue weighted by Crippen LogP contribution is 2.40. The van der Waals surface area contributed by atoms with Gasteiger partial charge in [0.05, 0.1) is 6.04 Å². The number of rotatable bonds is 1. The lowest BCUT2D eigenvalue weighted by atomic mass is 10.0. The minimum absolute atomic E-state index is 0.162. The molecule has 2 aliphatic rings. The smallest absolute Gasteiger partial charge is 0.104 e. The van der Waals surface area contributed by atoms with E-state index in [0.717, 1.165) is 31.1 Å². The van der Waals surface area contributed by atoms with Crippen molar-refractivity contribution in [3.63, 3.8) is 0 Å². The Bertz CT molecular complexity index is 942. The number of thiophene rings is 1. The van der Waals surface area contributed by atoms with Crippen LogP contribution in [-0.4, -0.2) is 23.1 Å². The summed E-state index contributed by atoms with van der Waals surface area (Å²) in [7, 11) is 2.21. The lowest BCUT2D eigenvalue weighted by Gasteiger charge is -2.23. The zero-order valence-electron chi connectivity index (χ0n) is 14.1. The van der Waals surface area contributed by atoms with Crippen LogP contribution in [0.5, 0.6) is 0 Å². The number of benzene rings is 1. The van der Waals surface area contributed by atoms with Gasteiger partial charge in [-0.2, -0.15) is 0 Å². The molecule has 0 saturated heterocycles. The molecular formula is C20H20ClN3S. The van der Waals surface area contributed by atoms with E-state index in [1.165, 1.54) is 26.7 Å². The van der Waals surface area contributed by atoms with Gasteiger partial charge in [-0.05, 0) is 48.9 Å². The molecule has 0 amide bonds. The summed E-state index contributed by atoms with van der Waals surface area (Å²) in [6.07, 6.45) is 3.35. The largest absolute Gasteiger partial charge is 0.310 e. The van der Waals surface area contributed by atoms with E-state index >= 15 is 0 Å². The van der Waals surface area contributed by atoms with Gasteiger partial charge in [-0.15, -0.1) is 11.3 Å². The molecule has 0 saturated carbocycles. The molecular weight excluding hydrogens is 350 g/mol. The van der Waals surface area contributed by atoms with Gasteiger partial charge >= 0.3 is 0 Å². The van der Waals surface area contributed by atoms with E-state index < -0.39 is 0 Å². The van der Waals surface area contributed by atoms with Crippen LogP contribution in [-0.2, 0) is 19.5 Å². The fourth-order valence-electron chi connectivity index (χ4n) is 4.06. The molecule has 0 fully saturated rings. The second-order valence-corrected chi connectivity index (χ2v) is 8.47. The van der Waals surface area contributed by atoms with Crippen molar-refractivity contribution in [1.29, 1.82) is 0 Å². The lowest BCUT2D eigenvalue weighted by Crippen LogP contribution is -2.27. The van der Waals surface area contributed by atoms with E-state index in [2.05, 4.69) is 52.3 Å². The molecule has 5 rings (SSSR count). The van der Waals surface area contributed by atoms with Gasteiger partial charge in [-0.3, -0.25) is 0 Å². The van der Waals surface area contributed by atoms with Crippen molar-refractivity contribution in [3.8, 4) is 5.00 Å². The summed E-state index contributed by atoms with van der Waals surface area (Å²) < 4.78 is 2.38. The maximum atomic E-state index is 6.25. The average Bonchev–Trinajstić information content (AvgIpc) is 3.17. The Hall–Kier alpha value is -1.59. The molecule has 4 heterocycles. The number of nitrogens with zero attached hydrogens (tertiary/aromatic N) is 2. The van der Waals surface area contributed by atoms with Crippen molar-refractivity contribution in [1.82, 2.24) is 14.8 Å². The molecule has 2 aromatic heterocycles. The molecule has 0 radical (unpaired) electrons. The molecule has 3 nitrogen and oxygen atoms in total. The van der Waals surface area contributed by atoms with Crippen LogP contribution in [0.15, 0.2) is 42.6 Å². The van der Waals surface area contributed by atoms with E-state index in [-0.39, 0.29) is 6.04 Å². The topological polar surface area (TPSA) is 20.2 Å². The first kappa shape index (κ1) is 15.6. The first-order chi connectivity index (χ1) is 12.2. The Kier molecular flexibility index (Phi) is 3.75. The van der Waals surface area contributed by atoms with Gasteiger partial charge in [0.1, 0.15) is 5.00 Å². The van der Waals surface area contributed by atoms with Crippen LogP contribution in [0.1, 0.15) is 33.3 Å². The number of hydrogen-bond donors (Lipinski definition) is 1. The van der Waals surface area contributed by atoms with Crippen LogP contribution < -0.4 is 5.32 Å². The number of likely N-dealkylation sites (N-methyl/N-ethyl adjacent to an activating group) is 1. The van der Waals surface area contributed by atoms with Gasteiger partial charge in [0.2, 0.25) is 0 Å². The van der Waals surface area contributed by atoms with Gasteiger partial charge in [-0.1, -0.05) is 23.7 Å². The van der Waals surface area contributed by atoms with E-state index in [0.29, 0.717) is 0 Å². The Labute approximate surface area is 156 Å². The normalized spacial score (nSPS) is 19.8. The van der Waals surface area contributed by atoms with Crippen molar-refractivity contribution < 1.29 is 0 Å². The first-order valence-corrected chi connectivity index (χ1v) is 9.88. The predicted octanol–water partition coefficient (Wildman–Crippen LogP) is 4.37. The highest BCUT2D eigenvalue weighted by atomic mass is 35.5. The number of fused-ring (bicyclic) bond motifs is 5. The number of halogens is 1. The average molecular weight is 370 g/mol. The predicted molar refractivity (Wildman–Crippen MR) is 104 cm³/mol. The van der Waals surface area contributed by atoms with Gasteiger partial charge in [0, 0.05) is 47.0 Å². The molecule has 0 spiro atoms. The minimum atomic E-state index is 0.162. The van der Waals surface area contributed by atoms with E-state index in [4.69, 9.17) is 11.6 Å². The zero-order chi connectivity index (χ0) is 17.0. The third-order valence-corrected chi connectivity index (χ3v) is 6.79. The molecule has 3 aromatic rings. The van der Waals surface area contributed by atoms with Crippen LogP contribution in [0.3, 0.4) is 0 Å². The second-order valence-electron chi connectivity index (χ2n) is 6.95. The summed E-state index contributed by atoms with van der Waals surface area (Å²) in [5.41, 5.74) is 5.55. The monoisotopic (exact) mass is 369 g/mol. The summed E-state index contributed by atoms with van der Waals surface area (Å²) in [5, 5.41) is 5.96. The summed E-state index contributed by atoms with van der Waals surface area (Å²) in [4.78, 5) is 3.94. The second kappa shape index (κ2) is 5.99.